The molecule has 34 heavy (non-hydrogen) atoms. The summed E-state index contributed by atoms with van der Waals surface area (Å²) in [7, 11) is -3.88. The minimum atomic E-state index is -3.88. The van der Waals surface area contributed by atoms with Gasteiger partial charge in [-0.15, -0.1) is 0 Å². The van der Waals surface area contributed by atoms with E-state index in [4.69, 9.17) is 13.7 Å². The molecule has 0 bridgehead atoms. The predicted octanol–water partition coefficient (Wildman–Crippen LogP) is 1.36. The molecule has 1 atom stereocenters. The molecule has 2 N–H and O–H groups in total. The SMILES string of the molecule is CC(=O)NCCCS(=O)(=O)OCC(C)(C)[C@@H](O)C(=O)OCCCCOC(=O)Cc1ccccc1. The van der Waals surface area contributed by atoms with Crippen LogP contribution in [0.3, 0.4) is 0 Å². The summed E-state index contributed by atoms with van der Waals surface area (Å²) in [6.45, 7) is 4.28. The van der Waals surface area contributed by atoms with Crippen molar-refractivity contribution in [3.8, 4) is 0 Å². The normalized spacial score (nSPS) is 12.6. The summed E-state index contributed by atoms with van der Waals surface area (Å²) in [5.41, 5.74) is -0.353. The number of hydrogen-bond donors (Lipinski definition) is 2. The number of carbonyl (C=O) groups is 3. The number of aliphatic hydroxyl groups is 1. The van der Waals surface area contributed by atoms with Crippen LogP contribution in [0.2, 0.25) is 0 Å². The summed E-state index contributed by atoms with van der Waals surface area (Å²) >= 11 is 0. The van der Waals surface area contributed by atoms with Gasteiger partial charge in [0, 0.05) is 18.9 Å². The van der Waals surface area contributed by atoms with E-state index < -0.39 is 34.2 Å². The van der Waals surface area contributed by atoms with E-state index in [-0.39, 0.29) is 50.2 Å². The standard InChI is InChI=1S/C23H35NO9S/c1-18(25)24-12-9-15-34(29,30)33-17-23(2,3)21(27)22(28)32-14-8-7-13-31-20(26)16-19-10-5-4-6-11-19/h4-6,10-11,21,27H,7-9,12-17H2,1-3H3,(H,24,25)/t21-/m0/s1. The summed E-state index contributed by atoms with van der Waals surface area (Å²) in [5, 5.41) is 12.8. The van der Waals surface area contributed by atoms with Crippen molar-refractivity contribution in [1.82, 2.24) is 5.32 Å². The third-order valence-corrected chi connectivity index (χ3v) is 6.02. The number of benzene rings is 1. The topological polar surface area (TPSA) is 145 Å². The molecule has 10 nitrogen and oxygen atoms in total. The zero-order chi connectivity index (χ0) is 25.6. The third kappa shape index (κ3) is 12.7. The Labute approximate surface area is 201 Å². The van der Waals surface area contributed by atoms with Crippen molar-refractivity contribution >= 4 is 28.0 Å². The number of amides is 1. The summed E-state index contributed by atoms with van der Waals surface area (Å²) in [6.07, 6.45) is -0.325. The second-order valence-electron chi connectivity index (χ2n) is 8.51. The van der Waals surface area contributed by atoms with E-state index >= 15 is 0 Å². The molecule has 1 aromatic carbocycles. The maximum Gasteiger partial charge on any atom is 0.335 e. The Kier molecular flexibility index (Phi) is 12.8. The minimum Gasteiger partial charge on any atom is -0.465 e. The lowest BCUT2D eigenvalue weighted by atomic mass is 9.88. The zero-order valence-electron chi connectivity index (χ0n) is 19.9. The summed E-state index contributed by atoms with van der Waals surface area (Å²) in [4.78, 5) is 34.7. The van der Waals surface area contributed by atoms with Crippen molar-refractivity contribution in [1.29, 1.82) is 0 Å². The van der Waals surface area contributed by atoms with Crippen LogP contribution in [0, 0.1) is 5.41 Å². The van der Waals surface area contributed by atoms with E-state index in [9.17, 15) is 27.9 Å². The van der Waals surface area contributed by atoms with Gasteiger partial charge < -0.3 is 19.9 Å². The molecule has 0 saturated heterocycles. The van der Waals surface area contributed by atoms with Crippen molar-refractivity contribution < 1.29 is 41.6 Å². The lowest BCUT2D eigenvalue weighted by Crippen LogP contribution is -2.41. The van der Waals surface area contributed by atoms with Gasteiger partial charge in [0.15, 0.2) is 6.10 Å². The van der Waals surface area contributed by atoms with E-state index in [1.165, 1.54) is 20.8 Å². The lowest BCUT2D eigenvalue weighted by molar-refractivity contribution is -0.161. The van der Waals surface area contributed by atoms with Crippen LogP contribution < -0.4 is 5.32 Å². The second kappa shape index (κ2) is 14.7. The fraction of sp³-hybridized carbons (Fsp3) is 0.609. The van der Waals surface area contributed by atoms with Crippen molar-refractivity contribution in [3.05, 3.63) is 35.9 Å². The van der Waals surface area contributed by atoms with Crippen LogP contribution in [0.15, 0.2) is 30.3 Å². The molecule has 0 saturated carbocycles. The molecule has 0 aliphatic heterocycles. The van der Waals surface area contributed by atoms with Gasteiger partial charge >= 0.3 is 11.9 Å². The summed E-state index contributed by atoms with van der Waals surface area (Å²) < 4.78 is 39.1. The predicted molar refractivity (Wildman–Crippen MR) is 124 cm³/mol. The van der Waals surface area contributed by atoms with Crippen molar-refractivity contribution in [2.45, 2.75) is 52.6 Å². The average molecular weight is 502 g/mol. The van der Waals surface area contributed by atoms with Gasteiger partial charge in [0.25, 0.3) is 10.1 Å². The van der Waals surface area contributed by atoms with Gasteiger partial charge in [-0.1, -0.05) is 44.2 Å². The Morgan fingerprint density at radius 1 is 1.03 bits per heavy atom. The number of unbranched alkanes of at least 4 members (excludes halogenated alkanes) is 1. The van der Waals surface area contributed by atoms with Gasteiger partial charge in [-0.2, -0.15) is 8.42 Å². The van der Waals surface area contributed by atoms with Gasteiger partial charge in [0.1, 0.15) is 0 Å². The van der Waals surface area contributed by atoms with Crippen LogP contribution in [0.25, 0.3) is 0 Å². The first-order valence-electron chi connectivity index (χ1n) is 11.1. The van der Waals surface area contributed by atoms with Crippen LogP contribution in [0.1, 0.15) is 45.6 Å². The maximum absolute atomic E-state index is 12.1. The van der Waals surface area contributed by atoms with Crippen LogP contribution in [-0.4, -0.2) is 69.6 Å². The van der Waals surface area contributed by atoms with Crippen molar-refractivity contribution in [2.24, 2.45) is 5.41 Å². The number of nitrogens with one attached hydrogen (secondary N) is 1. The first-order chi connectivity index (χ1) is 15.9. The number of hydrogen-bond acceptors (Lipinski definition) is 9. The highest BCUT2D eigenvalue weighted by Gasteiger charge is 2.36. The van der Waals surface area contributed by atoms with Gasteiger partial charge in [0.05, 0.1) is 32.0 Å². The van der Waals surface area contributed by atoms with E-state index in [0.29, 0.717) is 12.8 Å². The van der Waals surface area contributed by atoms with E-state index in [2.05, 4.69) is 5.32 Å². The molecule has 0 spiro atoms. The first-order valence-corrected chi connectivity index (χ1v) is 12.7. The fourth-order valence-electron chi connectivity index (χ4n) is 2.67. The third-order valence-electron chi connectivity index (χ3n) is 4.76. The molecule has 0 aliphatic carbocycles. The molecule has 1 aromatic rings. The molecule has 192 valence electrons. The molecule has 0 radical (unpaired) electrons. The zero-order valence-corrected chi connectivity index (χ0v) is 20.8. The smallest absolute Gasteiger partial charge is 0.335 e. The van der Waals surface area contributed by atoms with Gasteiger partial charge in [-0.3, -0.25) is 13.8 Å². The number of carbonyl (C=O) groups excluding carboxylic acids is 3. The molecule has 1 amide bonds. The summed E-state index contributed by atoms with van der Waals surface area (Å²) in [6, 6.07) is 9.22. The molecule has 0 heterocycles. The number of ether oxygens (including phenoxy) is 2. The second-order valence-corrected chi connectivity index (χ2v) is 10.3. The molecular weight excluding hydrogens is 466 g/mol. The maximum atomic E-state index is 12.1. The van der Waals surface area contributed by atoms with E-state index in [0.717, 1.165) is 5.56 Å². The Bertz CT molecular complexity index is 885. The molecule has 0 aromatic heterocycles. The molecule has 0 unspecified atom stereocenters. The number of esters is 2. The van der Waals surface area contributed by atoms with Gasteiger partial charge in [-0.25, -0.2) is 4.79 Å². The van der Waals surface area contributed by atoms with Gasteiger partial charge in [-0.05, 0) is 24.8 Å². The highest BCUT2D eigenvalue weighted by Crippen LogP contribution is 2.23. The first kappa shape index (κ1) is 29.5. The quantitative estimate of drug-likeness (QED) is 0.195. The fourth-order valence-corrected chi connectivity index (χ4v) is 3.77. The highest BCUT2D eigenvalue weighted by molar-refractivity contribution is 7.86. The Hall–Kier alpha value is -2.50. The van der Waals surface area contributed by atoms with Crippen molar-refractivity contribution in [2.75, 3.05) is 32.1 Å². The number of rotatable bonds is 16. The van der Waals surface area contributed by atoms with Crippen LogP contribution >= 0.6 is 0 Å². The average Bonchev–Trinajstić information content (AvgIpc) is 2.77. The van der Waals surface area contributed by atoms with Crippen LogP contribution in [0.4, 0.5) is 0 Å². The Morgan fingerprint density at radius 2 is 1.65 bits per heavy atom. The number of aliphatic hydroxyl groups excluding tert-OH is 1. The van der Waals surface area contributed by atoms with Crippen LogP contribution in [0.5, 0.6) is 0 Å². The molecular formula is C23H35NO9S. The highest BCUT2D eigenvalue weighted by atomic mass is 32.2. The van der Waals surface area contributed by atoms with E-state index in [1.54, 1.807) is 0 Å². The van der Waals surface area contributed by atoms with E-state index in [1.807, 2.05) is 30.3 Å². The van der Waals surface area contributed by atoms with Crippen LogP contribution in [-0.2, 0) is 44.6 Å². The minimum absolute atomic E-state index is 0.0184. The largest absolute Gasteiger partial charge is 0.465 e. The molecule has 0 fully saturated rings. The molecule has 11 heteroatoms. The lowest BCUT2D eigenvalue weighted by Gasteiger charge is -2.28. The molecule has 0 aliphatic rings. The Morgan fingerprint density at radius 3 is 2.26 bits per heavy atom. The van der Waals surface area contributed by atoms with Gasteiger partial charge in [0.2, 0.25) is 5.91 Å². The van der Waals surface area contributed by atoms with Crippen molar-refractivity contribution in [3.63, 3.8) is 0 Å². The Balaban J connectivity index is 2.25. The summed E-state index contributed by atoms with van der Waals surface area (Å²) in [5.74, 6) is -1.80. The monoisotopic (exact) mass is 501 g/mol. The molecule has 1 rings (SSSR count).